The van der Waals surface area contributed by atoms with Crippen LogP contribution in [0.1, 0.15) is 71.3 Å². The Bertz CT molecular complexity index is 1020. The van der Waals surface area contributed by atoms with Gasteiger partial charge in [0.2, 0.25) is 11.5 Å². The number of benzene rings is 2. The van der Waals surface area contributed by atoms with Crippen molar-refractivity contribution in [1.29, 1.82) is 0 Å². The number of carboxylic acids is 1. The van der Waals surface area contributed by atoms with E-state index in [2.05, 4.69) is 5.32 Å². The number of hydrogen-bond acceptors (Lipinski definition) is 4. The van der Waals surface area contributed by atoms with E-state index in [1.165, 1.54) is 6.42 Å². The van der Waals surface area contributed by atoms with Crippen molar-refractivity contribution in [2.45, 2.75) is 77.7 Å². The van der Waals surface area contributed by atoms with Crippen LogP contribution in [0, 0.1) is 5.92 Å². The molecule has 3 rings (SSSR count). The number of rotatable bonds is 12. The van der Waals surface area contributed by atoms with Gasteiger partial charge in [0.15, 0.2) is 0 Å². The number of carboxylic acid groups (broad SMARTS) is 1. The Morgan fingerprint density at radius 1 is 0.972 bits per heavy atom. The predicted octanol–water partition coefficient (Wildman–Crippen LogP) is 6.30. The van der Waals surface area contributed by atoms with Crippen LogP contribution < -0.4 is 14.8 Å². The van der Waals surface area contributed by atoms with Crippen LogP contribution in [0.3, 0.4) is 0 Å². The van der Waals surface area contributed by atoms with Crippen molar-refractivity contribution >= 4 is 11.9 Å². The number of ether oxygens (including phenoxy) is 2. The van der Waals surface area contributed by atoms with Crippen LogP contribution in [0.4, 0.5) is 0 Å². The zero-order chi connectivity index (χ0) is 26.0. The molecule has 1 amide bonds. The molecule has 1 atom stereocenters. The third kappa shape index (κ3) is 7.61. The van der Waals surface area contributed by atoms with Gasteiger partial charge in [0.1, 0.15) is 11.5 Å². The smallest absolute Gasteiger partial charge is 0.348 e. The molecule has 1 saturated carbocycles. The monoisotopic (exact) mass is 493 g/mol. The summed E-state index contributed by atoms with van der Waals surface area (Å²) in [4.78, 5) is 24.8. The van der Waals surface area contributed by atoms with Gasteiger partial charge < -0.3 is 19.9 Å². The summed E-state index contributed by atoms with van der Waals surface area (Å²) in [5, 5.41) is 13.1. The summed E-state index contributed by atoms with van der Waals surface area (Å²) in [5.41, 5.74) is 1.52. The second-order valence-electron chi connectivity index (χ2n) is 9.79. The van der Waals surface area contributed by atoms with E-state index in [9.17, 15) is 14.7 Å². The molecule has 1 fully saturated rings. The lowest BCUT2D eigenvalue weighted by atomic mass is 9.88. The molecular weight excluding hydrogens is 454 g/mol. The minimum absolute atomic E-state index is 0.119. The topological polar surface area (TPSA) is 84.9 Å². The van der Waals surface area contributed by atoms with Crippen molar-refractivity contribution in [3.05, 3.63) is 71.4 Å². The van der Waals surface area contributed by atoms with Crippen molar-refractivity contribution in [2.24, 2.45) is 5.92 Å². The van der Waals surface area contributed by atoms with Gasteiger partial charge in [-0.3, -0.25) is 4.79 Å². The molecule has 0 aromatic heterocycles. The molecule has 6 nitrogen and oxygen atoms in total. The lowest BCUT2D eigenvalue weighted by Gasteiger charge is -2.29. The number of nitrogens with one attached hydrogen (secondary N) is 1. The standard InChI is InChI=1S/C30H39NO5/c1-4-30(29(33)34,36-26-13-9-6-10-14-26)21-23-15-17-25(18-16-23)35-20-19-27(22(2)3)31-28(32)24-11-7-5-8-12-24/h6,9-10,13-18,24H,4-5,7-8,11-12,19-21H2,1-3H3,(H,31,32)(H,33,34)/t30-/m0/s1. The SMILES string of the molecule is CC[C@@](Cc1ccc(OCCC(NC(=O)C2CCCCC2)=C(C)C)cc1)(Oc1ccccc1)C(=O)O. The van der Waals surface area contributed by atoms with Crippen LogP contribution in [-0.2, 0) is 16.0 Å². The molecule has 2 aromatic rings. The molecule has 1 aliphatic rings. The number of amides is 1. The first-order chi connectivity index (χ1) is 17.3. The maximum Gasteiger partial charge on any atom is 0.348 e. The van der Waals surface area contributed by atoms with Crippen molar-refractivity contribution < 1.29 is 24.2 Å². The maximum absolute atomic E-state index is 12.6. The molecule has 6 heteroatoms. The molecule has 1 aliphatic carbocycles. The highest BCUT2D eigenvalue weighted by Crippen LogP contribution is 2.27. The number of allylic oxidation sites excluding steroid dienone is 1. The average molecular weight is 494 g/mol. The normalized spacial score (nSPS) is 15.4. The molecule has 0 radical (unpaired) electrons. The summed E-state index contributed by atoms with van der Waals surface area (Å²) in [5.74, 6) is 0.497. The minimum atomic E-state index is -1.35. The Hall–Kier alpha value is -3.28. The van der Waals surface area contributed by atoms with E-state index < -0.39 is 11.6 Å². The Balaban J connectivity index is 1.56. The van der Waals surface area contributed by atoms with Gasteiger partial charge in [0.25, 0.3) is 0 Å². The van der Waals surface area contributed by atoms with Gasteiger partial charge in [-0.05, 0) is 62.9 Å². The molecule has 0 aliphatic heterocycles. The molecule has 36 heavy (non-hydrogen) atoms. The van der Waals surface area contributed by atoms with Crippen LogP contribution in [0.15, 0.2) is 65.9 Å². The van der Waals surface area contributed by atoms with Crippen molar-refractivity contribution in [2.75, 3.05) is 6.61 Å². The zero-order valence-electron chi connectivity index (χ0n) is 21.7. The second-order valence-corrected chi connectivity index (χ2v) is 9.79. The number of para-hydroxylation sites is 1. The average Bonchev–Trinajstić information content (AvgIpc) is 2.89. The fourth-order valence-corrected chi connectivity index (χ4v) is 4.58. The van der Waals surface area contributed by atoms with Crippen LogP contribution in [0.5, 0.6) is 11.5 Å². The van der Waals surface area contributed by atoms with E-state index in [1.54, 1.807) is 12.1 Å². The first-order valence-electron chi connectivity index (χ1n) is 13.0. The van der Waals surface area contributed by atoms with Crippen LogP contribution >= 0.6 is 0 Å². The minimum Gasteiger partial charge on any atom is -0.493 e. The number of hydrogen-bond donors (Lipinski definition) is 2. The van der Waals surface area contributed by atoms with E-state index >= 15 is 0 Å². The van der Waals surface area contributed by atoms with Gasteiger partial charge in [-0.25, -0.2) is 4.79 Å². The van der Waals surface area contributed by atoms with Gasteiger partial charge in [0.05, 0.1) is 6.61 Å². The summed E-state index contributed by atoms with van der Waals surface area (Å²) >= 11 is 0. The summed E-state index contributed by atoms with van der Waals surface area (Å²) in [7, 11) is 0. The third-order valence-electron chi connectivity index (χ3n) is 6.90. The van der Waals surface area contributed by atoms with Crippen molar-refractivity contribution in [3.8, 4) is 11.5 Å². The summed E-state index contributed by atoms with van der Waals surface area (Å²) in [6.45, 7) is 6.27. The highest BCUT2D eigenvalue weighted by molar-refractivity contribution is 5.80. The van der Waals surface area contributed by atoms with Gasteiger partial charge in [0, 0.05) is 24.5 Å². The Kier molecular flexibility index (Phi) is 9.97. The third-order valence-corrected chi connectivity index (χ3v) is 6.90. The molecular formula is C30H39NO5. The van der Waals surface area contributed by atoms with Crippen LogP contribution in [-0.4, -0.2) is 29.2 Å². The molecule has 2 N–H and O–H groups in total. The fraction of sp³-hybridized carbons (Fsp3) is 0.467. The van der Waals surface area contributed by atoms with Gasteiger partial charge in [-0.1, -0.05) is 62.1 Å². The first-order valence-corrected chi connectivity index (χ1v) is 13.0. The molecule has 0 heterocycles. The molecule has 0 saturated heterocycles. The van der Waals surface area contributed by atoms with E-state index in [0.717, 1.165) is 42.5 Å². The van der Waals surface area contributed by atoms with Crippen LogP contribution in [0.25, 0.3) is 0 Å². The summed E-state index contributed by atoms with van der Waals surface area (Å²) < 4.78 is 11.9. The number of aliphatic carboxylic acids is 1. The first kappa shape index (κ1) is 27.3. The Morgan fingerprint density at radius 3 is 2.22 bits per heavy atom. The van der Waals surface area contributed by atoms with E-state index in [1.807, 2.05) is 63.2 Å². The molecule has 0 unspecified atom stereocenters. The lowest BCUT2D eigenvalue weighted by Crippen LogP contribution is -2.46. The van der Waals surface area contributed by atoms with Crippen molar-refractivity contribution in [3.63, 3.8) is 0 Å². The van der Waals surface area contributed by atoms with Gasteiger partial charge in [-0.2, -0.15) is 0 Å². The van der Waals surface area contributed by atoms with Gasteiger partial charge in [-0.15, -0.1) is 0 Å². The highest BCUT2D eigenvalue weighted by atomic mass is 16.5. The number of carbonyl (C=O) groups is 2. The fourth-order valence-electron chi connectivity index (χ4n) is 4.58. The Labute approximate surface area is 214 Å². The zero-order valence-corrected chi connectivity index (χ0v) is 21.7. The largest absolute Gasteiger partial charge is 0.493 e. The van der Waals surface area contributed by atoms with E-state index in [4.69, 9.17) is 9.47 Å². The second kappa shape index (κ2) is 13.1. The van der Waals surface area contributed by atoms with E-state index in [0.29, 0.717) is 30.9 Å². The number of carbonyl (C=O) groups excluding carboxylic acids is 1. The quantitative estimate of drug-likeness (QED) is 0.362. The maximum atomic E-state index is 12.6. The lowest BCUT2D eigenvalue weighted by molar-refractivity contribution is -0.155. The molecule has 2 aromatic carbocycles. The molecule has 194 valence electrons. The Morgan fingerprint density at radius 2 is 1.64 bits per heavy atom. The predicted molar refractivity (Wildman–Crippen MR) is 141 cm³/mol. The van der Waals surface area contributed by atoms with Crippen LogP contribution in [0.2, 0.25) is 0 Å². The van der Waals surface area contributed by atoms with Crippen molar-refractivity contribution in [1.82, 2.24) is 5.32 Å². The molecule has 0 bridgehead atoms. The highest BCUT2D eigenvalue weighted by Gasteiger charge is 2.39. The molecule has 0 spiro atoms. The summed E-state index contributed by atoms with van der Waals surface area (Å²) in [6, 6.07) is 16.5. The van der Waals surface area contributed by atoms with Gasteiger partial charge >= 0.3 is 5.97 Å². The summed E-state index contributed by atoms with van der Waals surface area (Å²) in [6.07, 6.45) is 6.62. The van der Waals surface area contributed by atoms with E-state index in [-0.39, 0.29) is 18.2 Å².